The van der Waals surface area contributed by atoms with E-state index in [4.69, 9.17) is 10.00 Å². The molecule has 1 heterocycles. The average Bonchev–Trinajstić information content (AvgIpc) is 2.94. The Bertz CT molecular complexity index is 829. The molecule has 2 aromatic rings. The molecular weight excluding hydrogens is 352 g/mol. The zero-order valence-electron chi connectivity index (χ0n) is 16.2. The van der Waals surface area contributed by atoms with Gasteiger partial charge in [-0.2, -0.15) is 5.26 Å². The number of carbonyl (C=O) groups excluding carboxylic acids is 1. The van der Waals surface area contributed by atoms with Crippen molar-refractivity contribution >= 4 is 11.6 Å². The number of hydrogen-bond acceptors (Lipinski definition) is 5. The van der Waals surface area contributed by atoms with Gasteiger partial charge in [-0.25, -0.2) is 0 Å². The van der Waals surface area contributed by atoms with E-state index in [0.717, 1.165) is 39.1 Å². The summed E-state index contributed by atoms with van der Waals surface area (Å²) >= 11 is 0. The molecule has 6 nitrogen and oxygen atoms in total. The predicted molar refractivity (Wildman–Crippen MR) is 109 cm³/mol. The third kappa shape index (κ3) is 5.56. The number of carbonyl (C=O) groups is 1. The van der Waals surface area contributed by atoms with Crippen LogP contribution in [0.3, 0.4) is 0 Å². The van der Waals surface area contributed by atoms with Crippen molar-refractivity contribution in [1.29, 1.82) is 5.26 Å². The van der Waals surface area contributed by atoms with Gasteiger partial charge in [-0.05, 0) is 49.3 Å². The van der Waals surface area contributed by atoms with Crippen LogP contribution in [0, 0.1) is 11.3 Å². The number of amides is 1. The molecule has 0 bridgehead atoms. The fraction of sp³-hybridized carbons (Fsp3) is 0.364. The normalized spacial score (nSPS) is 15.4. The van der Waals surface area contributed by atoms with E-state index in [9.17, 15) is 4.79 Å². The van der Waals surface area contributed by atoms with E-state index in [2.05, 4.69) is 21.2 Å². The van der Waals surface area contributed by atoms with Gasteiger partial charge in [0.2, 0.25) is 5.91 Å². The van der Waals surface area contributed by atoms with Crippen LogP contribution in [-0.4, -0.2) is 55.5 Å². The van der Waals surface area contributed by atoms with Crippen molar-refractivity contribution in [2.45, 2.75) is 13.0 Å². The van der Waals surface area contributed by atoms with Gasteiger partial charge in [0, 0.05) is 19.6 Å². The Labute approximate surface area is 166 Å². The maximum Gasteiger partial charge on any atom is 0.238 e. The minimum absolute atomic E-state index is 0.0231. The van der Waals surface area contributed by atoms with Crippen molar-refractivity contribution in [1.82, 2.24) is 9.80 Å². The second-order valence-corrected chi connectivity index (χ2v) is 6.96. The van der Waals surface area contributed by atoms with Crippen molar-refractivity contribution in [3.05, 3.63) is 59.7 Å². The summed E-state index contributed by atoms with van der Waals surface area (Å²) in [4.78, 5) is 17.0. The standard InChI is InChI=1S/C22H26N4O2/c1-28-21-6-3-2-5-20(21)24-22(27)17-26-12-4-11-25(13-14-26)16-19-9-7-18(15-23)8-10-19/h2-3,5-10H,4,11-14,16-17H2,1H3,(H,24,27). The highest BCUT2D eigenvalue weighted by atomic mass is 16.5. The summed E-state index contributed by atoms with van der Waals surface area (Å²) in [5, 5.41) is 11.9. The molecule has 2 aromatic carbocycles. The minimum Gasteiger partial charge on any atom is -0.495 e. The van der Waals surface area contributed by atoms with Crippen LogP contribution in [-0.2, 0) is 11.3 Å². The molecule has 0 radical (unpaired) electrons. The number of hydrogen-bond donors (Lipinski definition) is 1. The maximum atomic E-state index is 12.4. The first kappa shape index (κ1) is 19.9. The van der Waals surface area contributed by atoms with Gasteiger partial charge >= 0.3 is 0 Å². The molecule has 1 saturated heterocycles. The SMILES string of the molecule is COc1ccccc1NC(=O)CN1CCCN(Cc2ccc(C#N)cc2)CC1. The summed E-state index contributed by atoms with van der Waals surface area (Å²) in [6, 6.07) is 17.3. The Morgan fingerprint density at radius 2 is 1.79 bits per heavy atom. The third-order valence-electron chi connectivity index (χ3n) is 4.92. The molecule has 0 spiro atoms. The fourth-order valence-electron chi connectivity index (χ4n) is 3.42. The van der Waals surface area contributed by atoms with E-state index in [1.807, 2.05) is 48.5 Å². The molecule has 28 heavy (non-hydrogen) atoms. The first-order chi connectivity index (χ1) is 13.7. The van der Waals surface area contributed by atoms with Gasteiger partial charge in [0.25, 0.3) is 0 Å². The number of benzene rings is 2. The Balaban J connectivity index is 1.49. The van der Waals surface area contributed by atoms with Gasteiger partial charge in [-0.15, -0.1) is 0 Å². The van der Waals surface area contributed by atoms with E-state index in [1.54, 1.807) is 7.11 Å². The lowest BCUT2D eigenvalue weighted by molar-refractivity contribution is -0.117. The molecule has 1 aliphatic heterocycles. The summed E-state index contributed by atoms with van der Waals surface area (Å²) in [5.74, 6) is 0.644. The van der Waals surface area contributed by atoms with Crippen LogP contribution >= 0.6 is 0 Å². The Kier molecular flexibility index (Phi) is 7.01. The van der Waals surface area contributed by atoms with Gasteiger partial charge in [-0.3, -0.25) is 14.6 Å². The number of rotatable bonds is 6. The van der Waals surface area contributed by atoms with E-state index in [1.165, 1.54) is 5.56 Å². The number of nitrogens with zero attached hydrogens (tertiary/aromatic N) is 3. The highest BCUT2D eigenvalue weighted by Crippen LogP contribution is 2.22. The molecule has 1 N–H and O–H groups in total. The first-order valence-corrected chi connectivity index (χ1v) is 9.54. The number of anilines is 1. The first-order valence-electron chi connectivity index (χ1n) is 9.54. The Hall–Kier alpha value is -2.88. The molecule has 0 unspecified atom stereocenters. The molecular formula is C22H26N4O2. The van der Waals surface area contributed by atoms with Crippen molar-refractivity contribution in [3.8, 4) is 11.8 Å². The summed E-state index contributed by atoms with van der Waals surface area (Å²) < 4.78 is 5.29. The predicted octanol–water partition coefficient (Wildman–Crippen LogP) is 2.71. The van der Waals surface area contributed by atoms with Crippen molar-refractivity contribution in [3.63, 3.8) is 0 Å². The van der Waals surface area contributed by atoms with Gasteiger partial charge < -0.3 is 10.1 Å². The second-order valence-electron chi connectivity index (χ2n) is 6.96. The van der Waals surface area contributed by atoms with Gasteiger partial charge in [0.05, 0.1) is 31.0 Å². The molecule has 0 atom stereocenters. The summed E-state index contributed by atoms with van der Waals surface area (Å²) in [6.07, 6.45) is 1.03. The van der Waals surface area contributed by atoms with Crippen LogP contribution in [0.15, 0.2) is 48.5 Å². The van der Waals surface area contributed by atoms with Gasteiger partial charge in [0.1, 0.15) is 5.75 Å². The monoisotopic (exact) mass is 378 g/mol. The lowest BCUT2D eigenvalue weighted by Crippen LogP contribution is -2.36. The largest absolute Gasteiger partial charge is 0.495 e. The van der Waals surface area contributed by atoms with Crippen LogP contribution in [0.25, 0.3) is 0 Å². The van der Waals surface area contributed by atoms with Crippen molar-refractivity contribution < 1.29 is 9.53 Å². The van der Waals surface area contributed by atoms with E-state index in [0.29, 0.717) is 23.5 Å². The number of nitriles is 1. The maximum absolute atomic E-state index is 12.4. The third-order valence-corrected chi connectivity index (χ3v) is 4.92. The number of methoxy groups -OCH3 is 1. The molecule has 1 fully saturated rings. The number of para-hydroxylation sites is 2. The smallest absolute Gasteiger partial charge is 0.238 e. The fourth-order valence-corrected chi connectivity index (χ4v) is 3.42. The molecule has 6 heteroatoms. The number of ether oxygens (including phenoxy) is 1. The zero-order valence-corrected chi connectivity index (χ0v) is 16.2. The van der Waals surface area contributed by atoms with Crippen molar-refractivity contribution in [2.24, 2.45) is 0 Å². The lowest BCUT2D eigenvalue weighted by atomic mass is 10.1. The summed E-state index contributed by atoms with van der Waals surface area (Å²) in [5.41, 5.74) is 2.60. The molecule has 1 amide bonds. The molecule has 1 aliphatic rings. The summed E-state index contributed by atoms with van der Waals surface area (Å²) in [7, 11) is 1.60. The van der Waals surface area contributed by atoms with Crippen LogP contribution in [0.4, 0.5) is 5.69 Å². The highest BCUT2D eigenvalue weighted by molar-refractivity contribution is 5.93. The van der Waals surface area contributed by atoms with E-state index in [-0.39, 0.29) is 5.91 Å². The lowest BCUT2D eigenvalue weighted by Gasteiger charge is -2.21. The van der Waals surface area contributed by atoms with Crippen LogP contribution in [0.2, 0.25) is 0 Å². The topological polar surface area (TPSA) is 68.6 Å². The van der Waals surface area contributed by atoms with E-state index < -0.39 is 0 Å². The van der Waals surface area contributed by atoms with Crippen molar-refractivity contribution in [2.75, 3.05) is 45.2 Å². The Morgan fingerprint density at radius 1 is 1.07 bits per heavy atom. The van der Waals surface area contributed by atoms with E-state index >= 15 is 0 Å². The van der Waals surface area contributed by atoms with Gasteiger partial charge in [0.15, 0.2) is 0 Å². The highest BCUT2D eigenvalue weighted by Gasteiger charge is 2.18. The second kappa shape index (κ2) is 9.88. The quantitative estimate of drug-likeness (QED) is 0.837. The molecule has 3 rings (SSSR count). The average molecular weight is 378 g/mol. The minimum atomic E-state index is -0.0231. The molecule has 0 saturated carbocycles. The zero-order chi connectivity index (χ0) is 19.8. The van der Waals surface area contributed by atoms with Gasteiger partial charge in [-0.1, -0.05) is 24.3 Å². The molecule has 0 aromatic heterocycles. The van der Waals surface area contributed by atoms with Crippen LogP contribution < -0.4 is 10.1 Å². The number of nitrogens with one attached hydrogen (secondary N) is 1. The Morgan fingerprint density at radius 3 is 2.54 bits per heavy atom. The summed E-state index contributed by atoms with van der Waals surface area (Å²) in [6.45, 7) is 4.93. The van der Waals surface area contributed by atoms with Crippen LogP contribution in [0.1, 0.15) is 17.5 Å². The molecule has 0 aliphatic carbocycles. The molecule has 146 valence electrons. The van der Waals surface area contributed by atoms with Crippen LogP contribution in [0.5, 0.6) is 5.75 Å².